The van der Waals surface area contributed by atoms with Crippen molar-refractivity contribution < 1.29 is 28.1 Å². The van der Waals surface area contributed by atoms with Crippen LogP contribution in [0, 0.1) is 12.7 Å². The molecule has 0 aromatic heterocycles. The third-order valence-corrected chi connectivity index (χ3v) is 4.56. The normalized spacial score (nSPS) is 12.7. The summed E-state index contributed by atoms with van der Waals surface area (Å²) in [6.07, 6.45) is 0. The van der Waals surface area contributed by atoms with E-state index in [1.54, 1.807) is 0 Å². The van der Waals surface area contributed by atoms with E-state index in [1.807, 2.05) is 4.72 Å². The van der Waals surface area contributed by atoms with Crippen LogP contribution in [0.4, 0.5) is 10.1 Å². The van der Waals surface area contributed by atoms with Gasteiger partial charge in [-0.05, 0) is 24.6 Å². The fourth-order valence-electron chi connectivity index (χ4n) is 1.54. The van der Waals surface area contributed by atoms with Gasteiger partial charge in [0.15, 0.2) is 0 Å². The molecule has 114 valence electrons. The van der Waals surface area contributed by atoms with Gasteiger partial charge in [-0.3, -0.25) is 0 Å². The summed E-state index contributed by atoms with van der Waals surface area (Å²) >= 11 is 0. The Bertz CT molecular complexity index is 578. The summed E-state index contributed by atoms with van der Waals surface area (Å²) in [5.41, 5.74) is 3.28. The number of aliphatic hydroxyl groups is 3. The average Bonchev–Trinajstić information content (AvgIpc) is 2.40. The number of nitrogen functional groups attached to an aromatic ring is 1. The van der Waals surface area contributed by atoms with Gasteiger partial charge in [-0.15, -0.1) is 0 Å². The molecule has 0 amide bonds. The Morgan fingerprint density at radius 1 is 1.25 bits per heavy atom. The lowest BCUT2D eigenvalue weighted by atomic mass is 10.1. The molecule has 0 saturated carbocycles. The van der Waals surface area contributed by atoms with Crippen LogP contribution in [0.2, 0.25) is 0 Å². The van der Waals surface area contributed by atoms with E-state index in [1.165, 1.54) is 6.92 Å². The molecule has 0 bridgehead atoms. The summed E-state index contributed by atoms with van der Waals surface area (Å²) < 4.78 is 39.6. The Morgan fingerprint density at radius 2 is 1.75 bits per heavy atom. The zero-order valence-electron chi connectivity index (χ0n) is 10.8. The van der Waals surface area contributed by atoms with Crippen molar-refractivity contribution in [2.45, 2.75) is 17.4 Å². The van der Waals surface area contributed by atoms with E-state index in [9.17, 15) is 12.8 Å². The van der Waals surface area contributed by atoms with E-state index >= 15 is 0 Å². The molecule has 6 N–H and O–H groups in total. The molecule has 7 nitrogen and oxygen atoms in total. The topological polar surface area (TPSA) is 133 Å². The third-order valence-electron chi connectivity index (χ3n) is 2.84. The van der Waals surface area contributed by atoms with E-state index in [-0.39, 0.29) is 16.1 Å². The van der Waals surface area contributed by atoms with E-state index in [0.29, 0.717) is 0 Å². The highest BCUT2D eigenvalue weighted by Crippen LogP contribution is 2.22. The third kappa shape index (κ3) is 3.25. The first-order chi connectivity index (χ1) is 9.21. The quantitative estimate of drug-likeness (QED) is 0.415. The van der Waals surface area contributed by atoms with E-state index in [4.69, 9.17) is 21.1 Å². The number of hydrogen-bond donors (Lipinski definition) is 5. The molecule has 0 heterocycles. The highest BCUT2D eigenvalue weighted by atomic mass is 32.2. The zero-order chi connectivity index (χ0) is 15.6. The highest BCUT2D eigenvalue weighted by Gasteiger charge is 2.34. The molecule has 0 aliphatic carbocycles. The summed E-state index contributed by atoms with van der Waals surface area (Å²) in [5, 5.41) is 27.4. The first kappa shape index (κ1) is 16.8. The van der Waals surface area contributed by atoms with Gasteiger partial charge in [0.25, 0.3) is 0 Å². The minimum Gasteiger partial charge on any atom is -0.396 e. The second-order valence-corrected chi connectivity index (χ2v) is 6.15. The second-order valence-electron chi connectivity index (χ2n) is 4.50. The van der Waals surface area contributed by atoms with Crippen molar-refractivity contribution in [3.8, 4) is 0 Å². The summed E-state index contributed by atoms with van der Waals surface area (Å²) in [4.78, 5) is -0.295. The van der Waals surface area contributed by atoms with Crippen molar-refractivity contribution >= 4 is 15.7 Å². The number of hydrogen-bond acceptors (Lipinski definition) is 6. The van der Waals surface area contributed by atoms with Crippen molar-refractivity contribution in [3.05, 3.63) is 23.5 Å². The smallest absolute Gasteiger partial charge is 0.241 e. The number of nitrogens with one attached hydrogen (secondary N) is 1. The van der Waals surface area contributed by atoms with Gasteiger partial charge in [0.2, 0.25) is 10.0 Å². The van der Waals surface area contributed by atoms with Gasteiger partial charge in [0.05, 0.1) is 30.4 Å². The lowest BCUT2D eigenvalue weighted by molar-refractivity contribution is 0.0582. The summed E-state index contributed by atoms with van der Waals surface area (Å²) in [6, 6.07) is 1.90. The monoisotopic (exact) mass is 308 g/mol. The molecule has 0 unspecified atom stereocenters. The van der Waals surface area contributed by atoms with Crippen molar-refractivity contribution in [3.63, 3.8) is 0 Å². The fraction of sp³-hybridized carbons (Fsp3) is 0.455. The van der Waals surface area contributed by atoms with Crippen LogP contribution in [-0.2, 0) is 10.0 Å². The number of nitrogens with two attached hydrogens (primary N) is 1. The molecule has 9 heteroatoms. The summed E-state index contributed by atoms with van der Waals surface area (Å²) in [7, 11) is -4.20. The van der Waals surface area contributed by atoms with Crippen LogP contribution in [0.15, 0.2) is 17.0 Å². The number of halogens is 1. The van der Waals surface area contributed by atoms with Gasteiger partial charge >= 0.3 is 0 Å². The molecule has 0 saturated heterocycles. The van der Waals surface area contributed by atoms with Gasteiger partial charge in [0, 0.05) is 0 Å². The van der Waals surface area contributed by atoms with Gasteiger partial charge in [-0.1, -0.05) is 0 Å². The van der Waals surface area contributed by atoms with Crippen LogP contribution in [0.1, 0.15) is 5.56 Å². The lowest BCUT2D eigenvalue weighted by Gasteiger charge is -2.28. The Labute approximate surface area is 115 Å². The van der Waals surface area contributed by atoms with Gasteiger partial charge < -0.3 is 21.1 Å². The minimum atomic E-state index is -4.20. The Hall–Kier alpha value is -1.26. The Morgan fingerprint density at radius 3 is 2.20 bits per heavy atom. The molecule has 0 spiro atoms. The standard InChI is InChI=1S/C11H17FN2O5S/c1-7-2-8(12)9(13)3-10(7)20(18,19)14-11(4-15,5-16)6-17/h2-3,14-17H,4-6,13H2,1H3. The largest absolute Gasteiger partial charge is 0.396 e. The molecule has 1 rings (SSSR count). The molecule has 0 atom stereocenters. The summed E-state index contributed by atoms with van der Waals surface area (Å²) in [5.74, 6) is -0.751. The molecule has 0 aliphatic rings. The predicted molar refractivity (Wildman–Crippen MR) is 69.9 cm³/mol. The molecule has 1 aromatic rings. The minimum absolute atomic E-state index is 0.104. The Balaban J connectivity index is 3.28. The molecular weight excluding hydrogens is 291 g/mol. The van der Waals surface area contributed by atoms with Crippen LogP contribution in [0.25, 0.3) is 0 Å². The number of rotatable bonds is 6. The molecule has 0 fully saturated rings. The number of benzene rings is 1. The van der Waals surface area contributed by atoms with Gasteiger partial charge in [0.1, 0.15) is 11.4 Å². The maximum Gasteiger partial charge on any atom is 0.241 e. The maximum atomic E-state index is 13.2. The number of aliphatic hydroxyl groups excluding tert-OH is 3. The van der Waals surface area contributed by atoms with Crippen LogP contribution < -0.4 is 10.5 Å². The predicted octanol–water partition coefficient (Wildman–Crippen LogP) is -1.29. The first-order valence-electron chi connectivity index (χ1n) is 5.63. The van der Waals surface area contributed by atoms with Crippen molar-refractivity contribution in [2.75, 3.05) is 25.6 Å². The number of anilines is 1. The fourth-order valence-corrected chi connectivity index (χ4v) is 3.18. The zero-order valence-corrected chi connectivity index (χ0v) is 11.6. The molecule has 0 aliphatic heterocycles. The molecule has 1 aromatic carbocycles. The molecule has 0 radical (unpaired) electrons. The maximum absolute atomic E-state index is 13.2. The average molecular weight is 308 g/mol. The van der Waals surface area contributed by atoms with Crippen LogP contribution in [-0.4, -0.2) is 49.1 Å². The number of aryl methyl sites for hydroxylation is 1. The van der Waals surface area contributed by atoms with Crippen LogP contribution in [0.3, 0.4) is 0 Å². The highest BCUT2D eigenvalue weighted by molar-refractivity contribution is 7.89. The van der Waals surface area contributed by atoms with E-state index in [0.717, 1.165) is 12.1 Å². The Kier molecular flexibility index (Phi) is 5.05. The van der Waals surface area contributed by atoms with Crippen molar-refractivity contribution in [1.29, 1.82) is 0 Å². The SMILES string of the molecule is Cc1cc(F)c(N)cc1S(=O)(=O)NC(CO)(CO)CO. The van der Waals surface area contributed by atoms with Gasteiger partial charge in [-0.2, -0.15) is 4.72 Å². The number of sulfonamides is 1. The van der Waals surface area contributed by atoms with Crippen molar-refractivity contribution in [1.82, 2.24) is 4.72 Å². The van der Waals surface area contributed by atoms with E-state index in [2.05, 4.69) is 0 Å². The molecular formula is C11H17FN2O5S. The van der Waals surface area contributed by atoms with Gasteiger partial charge in [-0.25, -0.2) is 12.8 Å². The second kappa shape index (κ2) is 6.02. The van der Waals surface area contributed by atoms with Crippen LogP contribution in [0.5, 0.6) is 0 Å². The first-order valence-corrected chi connectivity index (χ1v) is 7.12. The molecule has 20 heavy (non-hydrogen) atoms. The lowest BCUT2D eigenvalue weighted by Crippen LogP contribution is -2.56. The summed E-state index contributed by atoms with van der Waals surface area (Å²) in [6.45, 7) is -1.06. The van der Waals surface area contributed by atoms with Crippen molar-refractivity contribution in [2.24, 2.45) is 0 Å². The van der Waals surface area contributed by atoms with E-state index < -0.39 is 41.2 Å². The van der Waals surface area contributed by atoms with Crippen LogP contribution >= 0.6 is 0 Å².